The van der Waals surface area contributed by atoms with Crippen LogP contribution < -0.4 is 41.8 Å². The molecule has 5 amide bonds. The third kappa shape index (κ3) is 31.3. The Kier molecular flexibility index (Phi) is 39.1. The lowest BCUT2D eigenvalue weighted by molar-refractivity contribution is -0.121. The number of amides is 5. The summed E-state index contributed by atoms with van der Waals surface area (Å²) in [5, 5.41) is 16.6. The van der Waals surface area contributed by atoms with E-state index in [2.05, 4.69) is 45.8 Å². The van der Waals surface area contributed by atoms with Crippen LogP contribution in [0.1, 0.15) is 83.7 Å². The fourth-order valence-electron chi connectivity index (χ4n) is 12.0. The van der Waals surface area contributed by atoms with Gasteiger partial charge in [0, 0.05) is 128 Å². The lowest BCUT2D eigenvalue weighted by atomic mass is 9.83. The molecule has 0 unspecified atom stereocenters. The molecule has 2 aliphatic rings. The molecule has 106 heavy (non-hydrogen) atoms. The summed E-state index contributed by atoms with van der Waals surface area (Å²) in [7, 11) is -3.72. The molecule has 0 spiro atoms. The lowest BCUT2D eigenvalue weighted by Crippen LogP contribution is -2.52. The van der Waals surface area contributed by atoms with Gasteiger partial charge in [0.2, 0.25) is 37.8 Å². The molecule has 0 fully saturated rings. The number of rotatable bonds is 52. The topological polar surface area (TPSA) is 336 Å². The number of likely N-dealkylation sites (N-methyl/N-ethyl adjacent to an activating group) is 2. The number of hydrogen-bond acceptors (Lipinski definition) is 20. The van der Waals surface area contributed by atoms with Crippen LogP contribution in [0.4, 0.5) is 10.5 Å². The number of para-hydroxylation sites is 1. The number of ether oxygens (including phenoxy) is 9. The minimum absolute atomic E-state index is 0.0432. The van der Waals surface area contributed by atoms with Crippen molar-refractivity contribution in [3.05, 3.63) is 157 Å². The summed E-state index contributed by atoms with van der Waals surface area (Å²) in [5.41, 5.74) is 10.3. The van der Waals surface area contributed by atoms with Crippen molar-refractivity contribution in [3.63, 3.8) is 0 Å². The molecule has 2 heterocycles. The minimum Gasteiger partial charge on any atom is -0.378 e. The summed E-state index contributed by atoms with van der Waals surface area (Å²) in [5.74, 6) is -1.28. The average molecular weight is 1600 g/mol. The standard InChI is InChI=1S/C73H102Cl4N10O17S2/c1-86-50-63(61-46-56(74)48-67(76)65(61)52-86)54-8-6-12-59(44-54)105(92,93)82-24-30-100-36-42-103-40-34-98-28-22-80-70(89)15-18-73(85-72(91)84-58-10-4-3-5-11-58,17-14-69(88)79-21-27-97-33-39-102-38-32-96-26-20-78)19-16-71(90)81-23-29-99-35-41-104-43-37-101-31-25-83-106(94,95)60-13-7-9-55(45-60)64-51-87(2)53-66-62(64)47-57(75)49-68(66)77/h3-13,44-49,63-64,82-83H,14-43,50-53,78H2,1-2H3,(H,79,88)(H,80,89)(H,81,90)(H2,84,85,91)/t63-,64-/m0/s1. The molecule has 27 nitrogen and oxygen atoms in total. The molecule has 586 valence electrons. The van der Waals surface area contributed by atoms with Crippen LogP contribution in [0.3, 0.4) is 0 Å². The summed E-state index contributed by atoms with van der Waals surface area (Å²) in [6, 6.07) is 29.1. The second-order valence-corrected chi connectivity index (χ2v) is 30.6. The van der Waals surface area contributed by atoms with Gasteiger partial charge in [-0.3, -0.25) is 14.4 Å². The van der Waals surface area contributed by atoms with Gasteiger partial charge in [0.05, 0.1) is 129 Å². The van der Waals surface area contributed by atoms with E-state index in [1.165, 1.54) is 0 Å². The van der Waals surface area contributed by atoms with Crippen LogP contribution in [-0.4, -0.2) is 241 Å². The molecule has 2 aliphatic heterocycles. The molecule has 0 radical (unpaired) electrons. The fraction of sp³-hybridized carbons (Fsp3) is 0.534. The maximum atomic E-state index is 13.8. The number of carbonyl (C=O) groups excluding carboxylic acids is 4. The zero-order valence-corrected chi connectivity index (χ0v) is 64.9. The van der Waals surface area contributed by atoms with E-state index in [9.17, 15) is 36.0 Å². The van der Waals surface area contributed by atoms with Gasteiger partial charge in [0.15, 0.2) is 0 Å². The minimum atomic E-state index is -3.85. The molecule has 0 saturated heterocycles. The molecule has 7 rings (SSSR count). The predicted octanol–water partition coefficient (Wildman–Crippen LogP) is 7.07. The monoisotopic (exact) mass is 1590 g/mol. The van der Waals surface area contributed by atoms with Gasteiger partial charge < -0.3 is 84.7 Å². The maximum absolute atomic E-state index is 13.8. The number of fused-ring (bicyclic) bond motifs is 2. The number of hydrogen-bond donors (Lipinski definition) is 8. The molecule has 0 aromatic heterocycles. The average Bonchev–Trinajstić information content (AvgIpc) is 0.778. The van der Waals surface area contributed by atoms with Crippen molar-refractivity contribution < 1.29 is 78.6 Å². The number of carbonyl (C=O) groups is 4. The second-order valence-electron chi connectivity index (χ2n) is 25.4. The van der Waals surface area contributed by atoms with Gasteiger partial charge in [0.1, 0.15) is 0 Å². The van der Waals surface area contributed by atoms with Crippen LogP contribution in [0, 0.1) is 0 Å². The first-order valence-electron chi connectivity index (χ1n) is 35.5. The first-order valence-corrected chi connectivity index (χ1v) is 40.0. The molecule has 0 aliphatic carbocycles. The Bertz CT molecular complexity index is 3580. The van der Waals surface area contributed by atoms with Crippen LogP contribution in [0.15, 0.2) is 113 Å². The van der Waals surface area contributed by atoms with Crippen LogP contribution in [0.25, 0.3) is 0 Å². The molecule has 5 aromatic rings. The molecule has 33 heteroatoms. The summed E-state index contributed by atoms with van der Waals surface area (Å²) < 4.78 is 109. The first kappa shape index (κ1) is 87.5. The van der Waals surface area contributed by atoms with Crippen molar-refractivity contribution in [2.24, 2.45) is 5.73 Å². The normalized spacial score (nSPS) is 14.9. The zero-order chi connectivity index (χ0) is 76.0. The number of sulfonamides is 2. The number of urea groups is 1. The molecule has 0 bridgehead atoms. The molecule has 5 aromatic carbocycles. The highest BCUT2D eigenvalue weighted by atomic mass is 35.5. The Balaban J connectivity index is 0.792. The Hall–Kier alpha value is -5.72. The quantitative estimate of drug-likeness (QED) is 0.0180. The van der Waals surface area contributed by atoms with E-state index in [-0.39, 0.29) is 196 Å². The lowest BCUT2D eigenvalue weighted by Gasteiger charge is -2.35. The largest absolute Gasteiger partial charge is 0.378 e. The molecular formula is C73H102Cl4N10O17S2. The summed E-state index contributed by atoms with van der Waals surface area (Å²) in [6.45, 7) is 8.14. The van der Waals surface area contributed by atoms with E-state index in [0.29, 0.717) is 91.5 Å². The number of nitrogens with zero attached hydrogens (tertiary/aromatic N) is 2. The van der Waals surface area contributed by atoms with E-state index >= 15 is 0 Å². The summed E-state index contributed by atoms with van der Waals surface area (Å²) in [4.78, 5) is 58.7. The second kappa shape index (κ2) is 47.4. The third-order valence-electron chi connectivity index (χ3n) is 17.3. The number of nitrogens with two attached hydrogens (primary N) is 1. The van der Waals surface area contributed by atoms with Gasteiger partial charge in [-0.15, -0.1) is 0 Å². The highest BCUT2D eigenvalue weighted by Gasteiger charge is 2.35. The fourth-order valence-corrected chi connectivity index (χ4v) is 15.3. The number of benzene rings is 5. The van der Waals surface area contributed by atoms with Gasteiger partial charge in [-0.05, 0) is 127 Å². The van der Waals surface area contributed by atoms with Crippen LogP contribution in [0.5, 0.6) is 0 Å². The number of anilines is 1. The van der Waals surface area contributed by atoms with Crippen molar-refractivity contribution in [2.45, 2.75) is 78.8 Å². The van der Waals surface area contributed by atoms with Gasteiger partial charge in [-0.25, -0.2) is 31.1 Å². The molecule has 2 atom stereocenters. The van der Waals surface area contributed by atoms with Gasteiger partial charge >= 0.3 is 6.03 Å². The van der Waals surface area contributed by atoms with E-state index in [4.69, 9.17) is 94.8 Å². The van der Waals surface area contributed by atoms with Crippen LogP contribution in [0.2, 0.25) is 20.1 Å². The summed E-state index contributed by atoms with van der Waals surface area (Å²) in [6.07, 6.45) is -0.0334. The van der Waals surface area contributed by atoms with E-state index < -0.39 is 31.6 Å². The molecule has 9 N–H and O–H groups in total. The smallest absolute Gasteiger partial charge is 0.319 e. The zero-order valence-electron chi connectivity index (χ0n) is 60.3. The van der Waals surface area contributed by atoms with Crippen molar-refractivity contribution in [1.82, 2.24) is 40.5 Å². The van der Waals surface area contributed by atoms with E-state index in [0.717, 1.165) is 33.4 Å². The highest BCUT2D eigenvalue weighted by molar-refractivity contribution is 7.89. The first-order chi connectivity index (χ1) is 51.1. The van der Waals surface area contributed by atoms with Gasteiger partial charge in [-0.2, -0.15) is 0 Å². The Morgan fingerprint density at radius 1 is 0.453 bits per heavy atom. The Morgan fingerprint density at radius 3 is 1.17 bits per heavy atom. The summed E-state index contributed by atoms with van der Waals surface area (Å²) >= 11 is 25.9. The number of nitrogens with one attached hydrogen (secondary N) is 7. The van der Waals surface area contributed by atoms with Gasteiger partial charge in [0.25, 0.3) is 0 Å². The molecular weight excluding hydrogens is 1490 g/mol. The van der Waals surface area contributed by atoms with Crippen molar-refractivity contribution in [2.75, 3.05) is 191 Å². The number of halogens is 4. The van der Waals surface area contributed by atoms with E-state index in [1.807, 2.05) is 38.4 Å². The van der Waals surface area contributed by atoms with E-state index in [1.54, 1.807) is 78.9 Å². The maximum Gasteiger partial charge on any atom is 0.319 e. The molecule has 0 saturated carbocycles. The highest BCUT2D eigenvalue weighted by Crippen LogP contribution is 2.41. The Morgan fingerprint density at radius 2 is 0.802 bits per heavy atom. The predicted molar refractivity (Wildman–Crippen MR) is 407 cm³/mol. The van der Waals surface area contributed by atoms with Crippen molar-refractivity contribution in [1.29, 1.82) is 0 Å². The third-order valence-corrected chi connectivity index (χ3v) is 21.3. The van der Waals surface area contributed by atoms with Gasteiger partial charge in [-0.1, -0.05) is 88.9 Å². The van der Waals surface area contributed by atoms with Crippen molar-refractivity contribution in [3.8, 4) is 0 Å². The van der Waals surface area contributed by atoms with Crippen molar-refractivity contribution >= 4 is 95.9 Å². The SMILES string of the molecule is CN1Cc2c(Cl)cc(Cl)cc2[C@H](c2cccc(S(=O)(=O)NCCOCCOCCOCCNC(=O)CCC(CCC(=O)NCCOCCOCCOCCN)(CCC(=O)NCCOCCOCCOCCNS(=O)(=O)c3cccc([C@@H]4CN(C)Cc5c(Cl)cc(Cl)cc54)c3)NC(=O)Nc3ccccc3)c2)C1. The Labute approximate surface area is 642 Å². The van der Waals surface area contributed by atoms with Crippen LogP contribution >= 0.6 is 46.4 Å². The van der Waals surface area contributed by atoms with Crippen LogP contribution in [-0.2, 0) is 90.2 Å².